The van der Waals surface area contributed by atoms with E-state index < -0.39 is 18.1 Å². The van der Waals surface area contributed by atoms with Crippen LogP contribution in [0.3, 0.4) is 0 Å². The van der Waals surface area contributed by atoms with Gasteiger partial charge in [0.1, 0.15) is 5.69 Å². The highest BCUT2D eigenvalue weighted by atomic mass is 32.1. The number of nitrogens with zero attached hydrogens (tertiary/aromatic N) is 2. The van der Waals surface area contributed by atoms with Crippen LogP contribution in [0.25, 0.3) is 0 Å². The summed E-state index contributed by atoms with van der Waals surface area (Å²) in [6, 6.07) is 4.81. The third-order valence-corrected chi connectivity index (χ3v) is 5.49. The minimum atomic E-state index is -4.22. The van der Waals surface area contributed by atoms with Crippen molar-refractivity contribution in [2.45, 2.75) is 31.6 Å². The van der Waals surface area contributed by atoms with Crippen LogP contribution in [-0.4, -0.2) is 33.6 Å². The van der Waals surface area contributed by atoms with Crippen molar-refractivity contribution < 1.29 is 18.0 Å². The fraction of sp³-hybridized carbons (Fsp3) is 0.368. The van der Waals surface area contributed by atoms with Crippen molar-refractivity contribution in [2.75, 3.05) is 11.4 Å². The zero-order chi connectivity index (χ0) is 20.6. The highest BCUT2D eigenvalue weighted by molar-refractivity contribution is 7.78. The minimum Gasteiger partial charge on any atom is -0.355 e. The van der Waals surface area contributed by atoms with Crippen molar-refractivity contribution in [3.8, 4) is 0 Å². The molecule has 152 valence electrons. The zero-order valence-corrected chi connectivity index (χ0v) is 16.0. The number of aromatic nitrogens is 2. The maximum Gasteiger partial charge on any atom is 0.391 e. The fourth-order valence-electron chi connectivity index (χ4n) is 3.86. The largest absolute Gasteiger partial charge is 0.391 e. The van der Waals surface area contributed by atoms with Gasteiger partial charge in [-0.05, 0) is 54.3 Å². The molecule has 1 fully saturated rings. The molecule has 0 unspecified atom stereocenters. The number of hydrogen-bond donors (Lipinski definition) is 3. The van der Waals surface area contributed by atoms with E-state index in [-0.39, 0.29) is 31.8 Å². The fourth-order valence-corrected chi connectivity index (χ4v) is 4.02. The Kier molecular flexibility index (Phi) is 5.16. The normalized spacial score (nSPS) is 22.1. The first-order valence-corrected chi connectivity index (χ1v) is 9.54. The van der Waals surface area contributed by atoms with Crippen LogP contribution in [0, 0.1) is 5.92 Å². The van der Waals surface area contributed by atoms with Gasteiger partial charge in [0.05, 0.1) is 29.9 Å². The number of H-pyrrole nitrogens is 1. The summed E-state index contributed by atoms with van der Waals surface area (Å²) in [5.41, 5.74) is 2.33. The number of anilines is 1. The van der Waals surface area contributed by atoms with Gasteiger partial charge in [0.2, 0.25) is 0 Å². The van der Waals surface area contributed by atoms with Crippen LogP contribution >= 0.6 is 12.2 Å². The second-order valence-corrected chi connectivity index (χ2v) is 7.25. The van der Waals surface area contributed by atoms with Crippen LogP contribution in [0.5, 0.6) is 0 Å². The summed E-state index contributed by atoms with van der Waals surface area (Å²) in [6.07, 6.45) is -1.00. The number of pyridine rings is 1. The van der Waals surface area contributed by atoms with E-state index in [0.717, 1.165) is 5.56 Å². The topological polar surface area (TPSA) is 73.1 Å². The van der Waals surface area contributed by atoms with Crippen LogP contribution in [0.2, 0.25) is 0 Å². The Morgan fingerprint density at radius 3 is 2.93 bits per heavy atom. The molecule has 2 aliphatic rings. The number of alkyl halides is 3. The van der Waals surface area contributed by atoms with Gasteiger partial charge in [-0.3, -0.25) is 15.1 Å². The van der Waals surface area contributed by atoms with Crippen LogP contribution < -0.4 is 15.5 Å². The number of fused-ring (bicyclic) bond motifs is 1. The summed E-state index contributed by atoms with van der Waals surface area (Å²) >= 11 is 4.93. The van der Waals surface area contributed by atoms with Crippen molar-refractivity contribution >= 4 is 28.8 Å². The molecule has 0 bridgehead atoms. The lowest BCUT2D eigenvalue weighted by Crippen LogP contribution is -2.42. The molecule has 0 aromatic carbocycles. The highest BCUT2D eigenvalue weighted by Gasteiger charge is 2.43. The number of hydrogen-bond acceptors (Lipinski definition) is 5. The van der Waals surface area contributed by atoms with E-state index in [0.29, 0.717) is 22.9 Å². The molecule has 3 N–H and O–H groups in total. The molecule has 6 nitrogen and oxygen atoms in total. The number of carbonyl (C=O) groups excluding carboxylic acids is 1. The zero-order valence-electron chi connectivity index (χ0n) is 15.2. The van der Waals surface area contributed by atoms with Gasteiger partial charge in [0.25, 0.3) is 5.91 Å². The SMILES string of the molecule is O=C1NC(=C=S)N(Cc2cccnc2[C@H]2C[C@@H](C(F)(F)F)CCN2)c2cc[nH]c21. The monoisotopic (exact) mass is 421 g/mol. The van der Waals surface area contributed by atoms with Crippen molar-refractivity contribution in [1.82, 2.24) is 20.6 Å². The smallest absolute Gasteiger partial charge is 0.355 e. The number of nitrogens with one attached hydrogen (secondary N) is 3. The predicted molar refractivity (Wildman–Crippen MR) is 104 cm³/mol. The summed E-state index contributed by atoms with van der Waals surface area (Å²) in [5, 5.41) is 8.40. The van der Waals surface area contributed by atoms with Crippen molar-refractivity contribution in [3.63, 3.8) is 0 Å². The molecule has 0 aliphatic carbocycles. The standard InChI is InChI=1S/C19H18F3N5OS/c20-19(21,22)12-3-6-23-13(8-12)16-11(2-1-5-24-16)9-27-14-4-7-25-17(14)18(28)26-15(27)10-29/h1-2,4-5,7,12-13,23,25H,3,6,8-9H2,(H,26,28)/t12-,13+/m0/s1. The van der Waals surface area contributed by atoms with Gasteiger partial charge >= 0.3 is 6.18 Å². The molecule has 1 saturated heterocycles. The van der Waals surface area contributed by atoms with Crippen molar-refractivity contribution in [2.24, 2.45) is 5.92 Å². The average molecular weight is 421 g/mol. The molecular formula is C19H18F3N5OS. The molecule has 4 rings (SSSR count). The van der Waals surface area contributed by atoms with Gasteiger partial charge in [0.15, 0.2) is 5.82 Å². The molecule has 0 radical (unpaired) electrons. The lowest BCUT2D eigenvalue weighted by molar-refractivity contribution is -0.183. The molecule has 4 heterocycles. The maximum absolute atomic E-state index is 13.2. The number of rotatable bonds is 3. The van der Waals surface area contributed by atoms with Gasteiger partial charge in [-0.25, -0.2) is 0 Å². The van der Waals surface area contributed by atoms with Gasteiger partial charge in [-0.15, -0.1) is 0 Å². The number of carbonyl (C=O) groups is 1. The van der Waals surface area contributed by atoms with E-state index in [1.54, 1.807) is 29.4 Å². The van der Waals surface area contributed by atoms with Crippen molar-refractivity contribution in [1.29, 1.82) is 0 Å². The summed E-state index contributed by atoms with van der Waals surface area (Å²) in [7, 11) is 0. The lowest BCUT2D eigenvalue weighted by Gasteiger charge is -2.34. The van der Waals surface area contributed by atoms with E-state index in [1.165, 1.54) is 0 Å². The molecule has 2 aliphatic heterocycles. The third-order valence-electron chi connectivity index (χ3n) is 5.29. The van der Waals surface area contributed by atoms with Gasteiger partial charge in [0, 0.05) is 12.4 Å². The molecule has 2 atom stereocenters. The van der Waals surface area contributed by atoms with E-state index >= 15 is 0 Å². The van der Waals surface area contributed by atoms with Gasteiger partial charge < -0.3 is 15.2 Å². The number of thiocarbonyl (C=S) groups is 1. The summed E-state index contributed by atoms with van der Waals surface area (Å²) < 4.78 is 39.7. The number of piperidine rings is 1. The molecule has 1 amide bonds. The lowest BCUT2D eigenvalue weighted by atomic mass is 9.89. The Morgan fingerprint density at radius 2 is 2.17 bits per heavy atom. The number of aromatic amines is 1. The summed E-state index contributed by atoms with van der Waals surface area (Å²) in [6.45, 7) is 0.555. The molecule has 2 aromatic heterocycles. The molecule has 2 aromatic rings. The van der Waals surface area contributed by atoms with Crippen LogP contribution in [0.4, 0.5) is 18.9 Å². The molecular weight excluding hydrogens is 403 g/mol. The molecule has 10 heteroatoms. The Morgan fingerprint density at radius 1 is 1.34 bits per heavy atom. The van der Waals surface area contributed by atoms with Crippen LogP contribution in [0.1, 0.15) is 40.6 Å². The molecule has 29 heavy (non-hydrogen) atoms. The molecule has 0 spiro atoms. The van der Waals surface area contributed by atoms with Crippen LogP contribution in [-0.2, 0) is 6.54 Å². The summed E-state index contributed by atoms with van der Waals surface area (Å²) in [5.74, 6) is -1.36. The summed E-state index contributed by atoms with van der Waals surface area (Å²) in [4.78, 5) is 21.2. The van der Waals surface area contributed by atoms with Gasteiger partial charge in [-0.2, -0.15) is 13.2 Å². The second kappa shape index (κ2) is 7.62. The quantitative estimate of drug-likeness (QED) is 0.664. The first kappa shape index (κ1) is 19.6. The first-order valence-electron chi connectivity index (χ1n) is 9.13. The number of halogens is 3. The van der Waals surface area contributed by atoms with Gasteiger partial charge in [-0.1, -0.05) is 6.07 Å². The minimum absolute atomic E-state index is 0.0600. The Balaban J connectivity index is 1.65. The number of amides is 1. The van der Waals surface area contributed by atoms with E-state index in [1.807, 2.05) is 6.07 Å². The highest BCUT2D eigenvalue weighted by Crippen LogP contribution is 2.39. The van der Waals surface area contributed by atoms with E-state index in [2.05, 4.69) is 25.6 Å². The van der Waals surface area contributed by atoms with Crippen molar-refractivity contribution in [3.05, 3.63) is 53.4 Å². The Labute approximate surface area is 170 Å². The second-order valence-electron chi connectivity index (χ2n) is 7.05. The third kappa shape index (κ3) is 3.78. The first-order chi connectivity index (χ1) is 13.9. The van der Waals surface area contributed by atoms with Crippen LogP contribution in [0.15, 0.2) is 36.4 Å². The average Bonchev–Trinajstić information content (AvgIpc) is 3.20. The Bertz CT molecular complexity index is 982. The molecule has 0 saturated carbocycles. The van der Waals surface area contributed by atoms with E-state index in [9.17, 15) is 18.0 Å². The maximum atomic E-state index is 13.2. The predicted octanol–water partition coefficient (Wildman–Crippen LogP) is 3.20. The van der Waals surface area contributed by atoms with E-state index in [4.69, 9.17) is 12.2 Å². The Hall–Kier alpha value is -2.68.